The van der Waals surface area contributed by atoms with Crippen molar-refractivity contribution in [3.63, 3.8) is 0 Å². The zero-order chi connectivity index (χ0) is 18.1. The van der Waals surface area contributed by atoms with Gasteiger partial charge in [0, 0.05) is 31.1 Å². The van der Waals surface area contributed by atoms with Crippen LogP contribution in [0.25, 0.3) is 0 Å². The molecule has 0 aliphatic heterocycles. The van der Waals surface area contributed by atoms with Crippen LogP contribution in [0.1, 0.15) is 12.0 Å². The minimum absolute atomic E-state index is 0.0870. The summed E-state index contributed by atoms with van der Waals surface area (Å²) in [6.07, 6.45) is 0.352. The smallest absolute Gasteiger partial charge is 0.225 e. The molecule has 25 heavy (non-hydrogen) atoms. The molecule has 0 heterocycles. The SMILES string of the molecule is COc1ccc(NC(=O)CCNCc2ccccc2OC)c(OC)c1. The molecule has 2 aromatic rings. The van der Waals surface area contributed by atoms with Gasteiger partial charge in [0.1, 0.15) is 17.2 Å². The lowest BCUT2D eigenvalue weighted by Crippen LogP contribution is -2.22. The molecule has 6 heteroatoms. The van der Waals surface area contributed by atoms with Crippen LogP contribution < -0.4 is 24.8 Å². The van der Waals surface area contributed by atoms with Crippen LogP contribution in [0.5, 0.6) is 17.2 Å². The van der Waals surface area contributed by atoms with Crippen LogP contribution in [-0.4, -0.2) is 33.8 Å². The number of hydrogen-bond acceptors (Lipinski definition) is 5. The van der Waals surface area contributed by atoms with Crippen LogP contribution in [0.2, 0.25) is 0 Å². The Labute approximate surface area is 148 Å². The van der Waals surface area contributed by atoms with Gasteiger partial charge in [-0.25, -0.2) is 0 Å². The normalized spacial score (nSPS) is 10.2. The van der Waals surface area contributed by atoms with Crippen molar-refractivity contribution >= 4 is 11.6 Å². The van der Waals surface area contributed by atoms with Crippen molar-refractivity contribution in [2.45, 2.75) is 13.0 Å². The molecule has 0 bridgehead atoms. The van der Waals surface area contributed by atoms with Gasteiger partial charge < -0.3 is 24.8 Å². The maximum absolute atomic E-state index is 12.1. The number of nitrogens with one attached hydrogen (secondary N) is 2. The van der Waals surface area contributed by atoms with Crippen molar-refractivity contribution in [3.8, 4) is 17.2 Å². The second kappa shape index (κ2) is 9.54. The largest absolute Gasteiger partial charge is 0.497 e. The van der Waals surface area contributed by atoms with E-state index in [1.165, 1.54) is 0 Å². The van der Waals surface area contributed by atoms with Crippen molar-refractivity contribution in [1.29, 1.82) is 0 Å². The Kier molecular flexibility index (Phi) is 7.10. The number of benzene rings is 2. The van der Waals surface area contributed by atoms with Gasteiger partial charge in [-0.1, -0.05) is 18.2 Å². The quantitative estimate of drug-likeness (QED) is 0.685. The molecule has 0 atom stereocenters. The Morgan fingerprint density at radius 1 is 0.960 bits per heavy atom. The number of rotatable bonds is 9. The van der Waals surface area contributed by atoms with Crippen molar-refractivity contribution in [2.75, 3.05) is 33.2 Å². The van der Waals surface area contributed by atoms with Crippen LogP contribution in [0, 0.1) is 0 Å². The molecular formula is C19H24N2O4. The molecule has 0 saturated heterocycles. The Morgan fingerprint density at radius 2 is 1.72 bits per heavy atom. The fourth-order valence-corrected chi connectivity index (χ4v) is 2.39. The van der Waals surface area contributed by atoms with E-state index in [-0.39, 0.29) is 5.91 Å². The summed E-state index contributed by atoms with van der Waals surface area (Å²) in [5.41, 5.74) is 1.68. The molecule has 0 aliphatic rings. The molecule has 6 nitrogen and oxygen atoms in total. The lowest BCUT2D eigenvalue weighted by Gasteiger charge is -2.12. The highest BCUT2D eigenvalue weighted by molar-refractivity contribution is 5.92. The first kappa shape index (κ1) is 18.6. The number of methoxy groups -OCH3 is 3. The number of para-hydroxylation sites is 1. The molecule has 1 amide bonds. The molecule has 0 aromatic heterocycles. The molecule has 2 N–H and O–H groups in total. The number of carbonyl (C=O) groups excluding carboxylic acids is 1. The second-order valence-electron chi connectivity index (χ2n) is 5.35. The molecule has 0 unspecified atom stereocenters. The topological polar surface area (TPSA) is 68.8 Å². The van der Waals surface area contributed by atoms with Gasteiger partial charge in [0.25, 0.3) is 0 Å². The van der Waals surface area contributed by atoms with Crippen molar-refractivity contribution in [3.05, 3.63) is 48.0 Å². The summed E-state index contributed by atoms with van der Waals surface area (Å²) < 4.78 is 15.7. The van der Waals surface area contributed by atoms with Crippen LogP contribution in [0.4, 0.5) is 5.69 Å². The molecule has 2 aromatic carbocycles. The van der Waals surface area contributed by atoms with Gasteiger partial charge in [-0.2, -0.15) is 0 Å². The molecule has 2 rings (SSSR count). The molecule has 0 saturated carbocycles. The Bertz CT molecular complexity index is 704. The number of amides is 1. The summed E-state index contributed by atoms with van der Waals surface area (Å²) in [6.45, 7) is 1.20. The van der Waals surface area contributed by atoms with Gasteiger partial charge in [-0.15, -0.1) is 0 Å². The van der Waals surface area contributed by atoms with Gasteiger partial charge in [-0.05, 0) is 18.2 Å². The molecule has 0 fully saturated rings. The highest BCUT2D eigenvalue weighted by Gasteiger charge is 2.09. The third-order valence-corrected chi connectivity index (χ3v) is 3.72. The van der Waals surface area contributed by atoms with Crippen LogP contribution in [0.3, 0.4) is 0 Å². The first-order valence-corrected chi connectivity index (χ1v) is 8.02. The maximum atomic E-state index is 12.1. The number of carbonyl (C=O) groups is 1. The van der Waals surface area contributed by atoms with E-state index in [0.29, 0.717) is 36.7 Å². The molecule has 0 radical (unpaired) electrons. The van der Waals surface area contributed by atoms with E-state index >= 15 is 0 Å². The van der Waals surface area contributed by atoms with E-state index in [9.17, 15) is 4.79 Å². The Balaban J connectivity index is 1.81. The summed E-state index contributed by atoms with van der Waals surface area (Å²) >= 11 is 0. The third-order valence-electron chi connectivity index (χ3n) is 3.72. The van der Waals surface area contributed by atoms with Crippen LogP contribution in [0.15, 0.2) is 42.5 Å². The minimum atomic E-state index is -0.0870. The lowest BCUT2D eigenvalue weighted by molar-refractivity contribution is -0.116. The van der Waals surface area contributed by atoms with E-state index in [0.717, 1.165) is 11.3 Å². The van der Waals surface area contributed by atoms with Crippen molar-refractivity contribution in [2.24, 2.45) is 0 Å². The number of ether oxygens (including phenoxy) is 3. The lowest BCUT2D eigenvalue weighted by atomic mass is 10.2. The van der Waals surface area contributed by atoms with Gasteiger partial charge in [0.05, 0.1) is 27.0 Å². The summed E-state index contributed by atoms with van der Waals surface area (Å²) in [7, 11) is 4.79. The summed E-state index contributed by atoms with van der Waals surface area (Å²) in [4.78, 5) is 12.1. The highest BCUT2D eigenvalue weighted by atomic mass is 16.5. The van der Waals surface area contributed by atoms with E-state index in [1.54, 1.807) is 39.5 Å². The first-order valence-electron chi connectivity index (χ1n) is 8.02. The summed E-state index contributed by atoms with van der Waals surface area (Å²) in [5.74, 6) is 1.99. The maximum Gasteiger partial charge on any atom is 0.225 e. The summed E-state index contributed by atoms with van der Waals surface area (Å²) in [5, 5.41) is 6.10. The molecule has 134 valence electrons. The van der Waals surface area contributed by atoms with Crippen LogP contribution >= 0.6 is 0 Å². The number of anilines is 1. The monoisotopic (exact) mass is 344 g/mol. The standard InChI is InChI=1S/C19H24N2O4/c1-23-15-8-9-16(18(12-15)25-3)21-19(22)10-11-20-13-14-6-4-5-7-17(14)24-2/h4-9,12,20H,10-11,13H2,1-3H3,(H,21,22). The van der Waals surface area contributed by atoms with Crippen LogP contribution in [-0.2, 0) is 11.3 Å². The predicted molar refractivity (Wildman–Crippen MR) is 97.5 cm³/mol. The zero-order valence-corrected chi connectivity index (χ0v) is 14.8. The van der Waals surface area contributed by atoms with E-state index < -0.39 is 0 Å². The average molecular weight is 344 g/mol. The predicted octanol–water partition coefficient (Wildman–Crippen LogP) is 2.83. The van der Waals surface area contributed by atoms with E-state index in [2.05, 4.69) is 10.6 Å². The minimum Gasteiger partial charge on any atom is -0.497 e. The fourth-order valence-electron chi connectivity index (χ4n) is 2.39. The molecule has 0 spiro atoms. The van der Waals surface area contributed by atoms with Gasteiger partial charge in [0.2, 0.25) is 5.91 Å². The molecule has 0 aliphatic carbocycles. The molecular weight excluding hydrogens is 320 g/mol. The summed E-state index contributed by atoms with van der Waals surface area (Å²) in [6, 6.07) is 13.1. The van der Waals surface area contributed by atoms with Crippen molar-refractivity contribution in [1.82, 2.24) is 5.32 Å². The highest BCUT2D eigenvalue weighted by Crippen LogP contribution is 2.29. The van der Waals surface area contributed by atoms with Gasteiger partial charge >= 0.3 is 0 Å². The van der Waals surface area contributed by atoms with Gasteiger partial charge in [-0.3, -0.25) is 4.79 Å². The van der Waals surface area contributed by atoms with E-state index in [1.807, 2.05) is 24.3 Å². The van der Waals surface area contributed by atoms with Gasteiger partial charge in [0.15, 0.2) is 0 Å². The zero-order valence-electron chi connectivity index (χ0n) is 14.8. The Hall–Kier alpha value is -2.73. The third kappa shape index (κ3) is 5.39. The first-order chi connectivity index (χ1) is 12.2. The average Bonchev–Trinajstić information content (AvgIpc) is 2.65. The second-order valence-corrected chi connectivity index (χ2v) is 5.35. The number of hydrogen-bond donors (Lipinski definition) is 2. The van der Waals surface area contributed by atoms with Crippen molar-refractivity contribution < 1.29 is 19.0 Å². The van der Waals surface area contributed by atoms with E-state index in [4.69, 9.17) is 14.2 Å². The fraction of sp³-hybridized carbons (Fsp3) is 0.316. The Morgan fingerprint density at radius 3 is 2.44 bits per heavy atom.